The van der Waals surface area contributed by atoms with E-state index in [4.69, 9.17) is 16.6 Å². The summed E-state index contributed by atoms with van der Waals surface area (Å²) in [6.07, 6.45) is 3.78. The van der Waals surface area contributed by atoms with Crippen molar-refractivity contribution in [2.24, 2.45) is 11.8 Å². The molecule has 21 heavy (non-hydrogen) atoms. The molecule has 1 aromatic heterocycles. The van der Waals surface area contributed by atoms with Gasteiger partial charge in [0, 0.05) is 17.0 Å². The van der Waals surface area contributed by atoms with Gasteiger partial charge in [0.25, 0.3) is 0 Å². The highest BCUT2D eigenvalue weighted by Crippen LogP contribution is 2.36. The van der Waals surface area contributed by atoms with E-state index >= 15 is 0 Å². The van der Waals surface area contributed by atoms with Crippen molar-refractivity contribution in [3.8, 4) is 0 Å². The van der Waals surface area contributed by atoms with Crippen molar-refractivity contribution in [3.05, 3.63) is 16.5 Å². The lowest BCUT2D eigenvalue weighted by Crippen LogP contribution is -2.27. The Morgan fingerprint density at radius 2 is 1.90 bits per heavy atom. The molecular formula is C17H28ClN3. The van der Waals surface area contributed by atoms with Crippen LogP contribution < -0.4 is 5.32 Å². The van der Waals surface area contributed by atoms with E-state index in [2.05, 4.69) is 44.9 Å². The molecule has 1 aromatic rings. The lowest BCUT2D eigenvalue weighted by Gasteiger charge is -2.24. The van der Waals surface area contributed by atoms with Gasteiger partial charge in [0.2, 0.25) is 0 Å². The van der Waals surface area contributed by atoms with Crippen LogP contribution in [0.25, 0.3) is 0 Å². The minimum Gasteiger partial charge on any atom is -0.367 e. The molecule has 1 N–H and O–H groups in total. The molecular weight excluding hydrogens is 282 g/mol. The SMILES string of the molecule is CCC1CCC(Nc2nc(C(C)(C)C)nc(Cl)c2C)C1C. The van der Waals surface area contributed by atoms with Gasteiger partial charge in [-0.15, -0.1) is 0 Å². The second kappa shape index (κ2) is 6.12. The van der Waals surface area contributed by atoms with Crippen molar-refractivity contribution in [2.75, 3.05) is 5.32 Å². The third-order valence-corrected chi connectivity index (χ3v) is 5.20. The van der Waals surface area contributed by atoms with Crippen LogP contribution in [0.3, 0.4) is 0 Å². The topological polar surface area (TPSA) is 37.8 Å². The van der Waals surface area contributed by atoms with Gasteiger partial charge in [-0.2, -0.15) is 0 Å². The molecule has 1 aliphatic rings. The second-order valence-corrected chi connectivity index (χ2v) is 7.78. The summed E-state index contributed by atoms with van der Waals surface area (Å²) in [6, 6.07) is 0.493. The van der Waals surface area contributed by atoms with Crippen LogP contribution in [0.2, 0.25) is 5.15 Å². The second-order valence-electron chi connectivity index (χ2n) is 7.42. The third-order valence-electron chi connectivity index (χ3n) is 4.83. The van der Waals surface area contributed by atoms with Crippen molar-refractivity contribution in [1.82, 2.24) is 9.97 Å². The fraction of sp³-hybridized carbons (Fsp3) is 0.765. The number of rotatable bonds is 3. The molecule has 2 rings (SSSR count). The molecule has 0 spiro atoms. The summed E-state index contributed by atoms with van der Waals surface area (Å²) in [7, 11) is 0. The van der Waals surface area contributed by atoms with Crippen LogP contribution in [0.15, 0.2) is 0 Å². The fourth-order valence-electron chi connectivity index (χ4n) is 3.17. The summed E-state index contributed by atoms with van der Waals surface area (Å²) in [5, 5.41) is 4.21. The van der Waals surface area contributed by atoms with Crippen LogP contribution in [0.1, 0.15) is 65.3 Å². The molecule has 0 saturated heterocycles. The van der Waals surface area contributed by atoms with Gasteiger partial charge in [-0.3, -0.25) is 0 Å². The molecule has 1 fully saturated rings. The number of hydrogen-bond acceptors (Lipinski definition) is 3. The van der Waals surface area contributed by atoms with Crippen LogP contribution in [0.4, 0.5) is 5.82 Å². The Bertz CT molecular complexity index is 507. The Balaban J connectivity index is 2.26. The summed E-state index contributed by atoms with van der Waals surface area (Å²) in [5.41, 5.74) is 0.859. The van der Waals surface area contributed by atoms with Gasteiger partial charge < -0.3 is 5.32 Å². The van der Waals surface area contributed by atoms with Crippen molar-refractivity contribution in [1.29, 1.82) is 0 Å². The Labute approximate surface area is 133 Å². The van der Waals surface area contributed by atoms with E-state index in [0.29, 0.717) is 17.1 Å². The van der Waals surface area contributed by atoms with Crippen molar-refractivity contribution in [3.63, 3.8) is 0 Å². The molecule has 0 aromatic carbocycles. The largest absolute Gasteiger partial charge is 0.367 e. The van der Waals surface area contributed by atoms with E-state index in [9.17, 15) is 0 Å². The van der Waals surface area contributed by atoms with E-state index in [-0.39, 0.29) is 5.41 Å². The average Bonchev–Trinajstić information content (AvgIpc) is 2.74. The van der Waals surface area contributed by atoms with Gasteiger partial charge in [-0.05, 0) is 31.6 Å². The van der Waals surface area contributed by atoms with Crippen molar-refractivity contribution >= 4 is 17.4 Å². The Hall–Kier alpha value is -0.830. The van der Waals surface area contributed by atoms with Crippen LogP contribution in [0, 0.1) is 18.8 Å². The molecule has 0 bridgehead atoms. The van der Waals surface area contributed by atoms with E-state index in [1.807, 2.05) is 6.92 Å². The standard InChI is InChI=1S/C17H28ClN3/c1-7-12-8-9-13(10(12)2)19-15-11(3)14(18)20-16(21-15)17(4,5)6/h10,12-13H,7-9H2,1-6H3,(H,19,20,21). The average molecular weight is 310 g/mol. The van der Waals surface area contributed by atoms with E-state index in [1.165, 1.54) is 19.3 Å². The van der Waals surface area contributed by atoms with Crippen LogP contribution in [0.5, 0.6) is 0 Å². The number of anilines is 1. The minimum absolute atomic E-state index is 0.0962. The number of nitrogens with one attached hydrogen (secondary N) is 1. The Kier molecular flexibility index (Phi) is 4.82. The highest BCUT2D eigenvalue weighted by atomic mass is 35.5. The number of halogens is 1. The quantitative estimate of drug-likeness (QED) is 0.801. The summed E-state index contributed by atoms with van der Waals surface area (Å²) >= 11 is 6.31. The molecule has 0 amide bonds. The minimum atomic E-state index is -0.0962. The van der Waals surface area contributed by atoms with Crippen molar-refractivity contribution < 1.29 is 0 Å². The molecule has 0 radical (unpaired) electrons. The molecule has 1 aliphatic carbocycles. The first kappa shape index (κ1) is 16.5. The molecule has 1 heterocycles. The van der Waals surface area contributed by atoms with E-state index in [0.717, 1.165) is 23.1 Å². The summed E-state index contributed by atoms with van der Waals surface area (Å²) in [5.74, 6) is 3.22. The van der Waals surface area contributed by atoms with Gasteiger partial charge in [0.1, 0.15) is 16.8 Å². The maximum Gasteiger partial charge on any atom is 0.137 e. The van der Waals surface area contributed by atoms with Crippen molar-refractivity contribution in [2.45, 2.75) is 72.3 Å². The van der Waals surface area contributed by atoms with E-state index in [1.54, 1.807) is 0 Å². The molecule has 3 nitrogen and oxygen atoms in total. The number of aromatic nitrogens is 2. The first-order valence-corrected chi connectivity index (χ1v) is 8.43. The highest BCUT2D eigenvalue weighted by molar-refractivity contribution is 6.30. The predicted octanol–water partition coefficient (Wildman–Crippen LogP) is 4.97. The zero-order chi connectivity index (χ0) is 15.8. The predicted molar refractivity (Wildman–Crippen MR) is 90.1 cm³/mol. The summed E-state index contributed by atoms with van der Waals surface area (Å²) in [4.78, 5) is 9.19. The Morgan fingerprint density at radius 3 is 2.43 bits per heavy atom. The lowest BCUT2D eigenvalue weighted by molar-refractivity contribution is 0.391. The van der Waals surface area contributed by atoms with Gasteiger partial charge in [0.15, 0.2) is 0 Å². The lowest BCUT2D eigenvalue weighted by atomic mass is 9.93. The Morgan fingerprint density at radius 1 is 1.24 bits per heavy atom. The maximum atomic E-state index is 6.31. The van der Waals surface area contributed by atoms with Gasteiger partial charge >= 0.3 is 0 Å². The highest BCUT2D eigenvalue weighted by Gasteiger charge is 2.32. The third kappa shape index (κ3) is 3.50. The zero-order valence-electron chi connectivity index (χ0n) is 14.1. The normalized spacial score (nSPS) is 26.1. The van der Waals surface area contributed by atoms with Gasteiger partial charge in [-0.1, -0.05) is 52.6 Å². The first-order valence-electron chi connectivity index (χ1n) is 8.05. The van der Waals surface area contributed by atoms with Gasteiger partial charge in [-0.25, -0.2) is 9.97 Å². The maximum absolute atomic E-state index is 6.31. The zero-order valence-corrected chi connectivity index (χ0v) is 14.9. The molecule has 3 unspecified atom stereocenters. The smallest absolute Gasteiger partial charge is 0.137 e. The number of hydrogen-bond donors (Lipinski definition) is 1. The molecule has 1 saturated carbocycles. The van der Waals surface area contributed by atoms with Crippen LogP contribution in [-0.4, -0.2) is 16.0 Å². The molecule has 4 heteroatoms. The first-order chi connectivity index (χ1) is 9.74. The summed E-state index contributed by atoms with van der Waals surface area (Å²) < 4.78 is 0. The molecule has 3 atom stereocenters. The molecule has 118 valence electrons. The monoisotopic (exact) mass is 309 g/mol. The fourth-order valence-corrected chi connectivity index (χ4v) is 3.34. The summed E-state index contributed by atoms with van der Waals surface area (Å²) in [6.45, 7) is 13.0. The number of nitrogens with zero attached hydrogens (tertiary/aromatic N) is 2. The molecule has 0 aliphatic heterocycles. The van der Waals surface area contributed by atoms with E-state index < -0.39 is 0 Å². The van der Waals surface area contributed by atoms with Gasteiger partial charge in [0.05, 0.1) is 0 Å². The van der Waals surface area contributed by atoms with Crippen LogP contribution in [-0.2, 0) is 5.41 Å². The van der Waals surface area contributed by atoms with Crippen LogP contribution >= 0.6 is 11.6 Å².